The topological polar surface area (TPSA) is 52.2 Å². The molecule has 0 saturated heterocycles. The number of nitrogens with zero attached hydrogens (tertiary/aromatic N) is 7. The molecule has 98 heavy (non-hydrogen) atoms. The molecule has 0 fully saturated rings. The van der Waals surface area contributed by atoms with Crippen molar-refractivity contribution in [1.82, 2.24) is 18.3 Å². The van der Waals surface area contributed by atoms with E-state index in [2.05, 4.69) is 15.8 Å². The number of aryl methyl sites for hydroxylation is 4. The van der Waals surface area contributed by atoms with Crippen LogP contribution in [0.1, 0.15) is 44.5 Å². The van der Waals surface area contributed by atoms with Crippen LogP contribution in [0.2, 0.25) is 0 Å². The van der Waals surface area contributed by atoms with Crippen molar-refractivity contribution in [1.29, 1.82) is 5.26 Å². The Balaban J connectivity index is 0.000000160. The normalized spacial score (nSPS) is 12.1. The van der Waals surface area contributed by atoms with E-state index >= 15 is 13.2 Å². The highest BCUT2D eigenvalue weighted by Gasteiger charge is 2.43. The van der Waals surface area contributed by atoms with Gasteiger partial charge < -0.3 is 18.3 Å². The van der Waals surface area contributed by atoms with Gasteiger partial charge in [-0.1, -0.05) is 194 Å². The molecule has 0 aliphatic rings. The summed E-state index contributed by atoms with van der Waals surface area (Å²) in [5.74, 6) is 0. The van der Waals surface area contributed by atoms with Crippen molar-refractivity contribution < 1.29 is 39.5 Å². The second kappa shape index (κ2) is 23.0. The Morgan fingerprint density at radius 1 is 0.327 bits per heavy atom. The van der Waals surface area contributed by atoms with Crippen LogP contribution in [0.25, 0.3) is 142 Å². The average Bonchev–Trinajstić information content (AvgIpc) is 1.47. The summed E-state index contributed by atoms with van der Waals surface area (Å²) in [5.41, 5.74) is 3.80. The van der Waals surface area contributed by atoms with Gasteiger partial charge in [0.15, 0.2) is 11.4 Å². The van der Waals surface area contributed by atoms with Crippen molar-refractivity contribution >= 4 is 98.6 Å². The SMILES string of the molecule is [C-]#[N+]c1cccc(C(F)(F)F)c1-c1ccc(-n2c3ccccc3c3cccc(C)c32)c(C#N)c1-n1c2ccccc2c2cccc(C)c21.[C-]#[N+]c1cccc(C(F)(F)F)c1-c1ccc(-n2c3ccccc3c3cccc(C)c32)c(C(F)(F)F)c1-n1c2ccccc2c2cccc(C)c21. The molecule has 7 nitrogen and oxygen atoms in total. The lowest BCUT2D eigenvalue weighted by molar-refractivity contribution is -0.138. The molecule has 0 amide bonds. The molecule has 0 atom stereocenters. The zero-order valence-corrected chi connectivity index (χ0v) is 52.5. The maximum absolute atomic E-state index is 16.2. The van der Waals surface area contributed by atoms with Crippen LogP contribution in [0.15, 0.2) is 231 Å². The van der Waals surface area contributed by atoms with Gasteiger partial charge in [-0.05, 0) is 97.5 Å². The molecule has 4 aromatic heterocycles. The van der Waals surface area contributed by atoms with Gasteiger partial charge >= 0.3 is 18.5 Å². The molecule has 16 heteroatoms. The molecule has 0 radical (unpaired) electrons. The number of nitriles is 1. The summed E-state index contributed by atoms with van der Waals surface area (Å²) in [6, 6.07) is 67.6. The van der Waals surface area contributed by atoms with E-state index in [1.165, 1.54) is 34.9 Å². The Labute approximate surface area is 554 Å². The van der Waals surface area contributed by atoms with Crippen molar-refractivity contribution in [3.63, 3.8) is 0 Å². The van der Waals surface area contributed by atoms with Gasteiger partial charge in [-0.25, -0.2) is 9.69 Å². The first-order chi connectivity index (χ1) is 47.2. The molecule has 16 aromatic rings. The molecule has 0 N–H and O–H groups in total. The molecule has 0 aliphatic carbocycles. The van der Waals surface area contributed by atoms with Crippen molar-refractivity contribution in [3.8, 4) is 51.1 Å². The van der Waals surface area contributed by atoms with E-state index in [0.717, 1.165) is 89.3 Å². The van der Waals surface area contributed by atoms with Crippen LogP contribution in [0.5, 0.6) is 0 Å². The van der Waals surface area contributed by atoms with Crippen LogP contribution in [0, 0.1) is 52.2 Å². The summed E-state index contributed by atoms with van der Waals surface area (Å²) >= 11 is 0. The maximum atomic E-state index is 16.2. The molecule has 12 aromatic carbocycles. The van der Waals surface area contributed by atoms with Gasteiger partial charge in [-0.2, -0.15) is 44.8 Å². The number of fused-ring (bicyclic) bond motifs is 12. The Bertz CT molecular complexity index is 6190. The van der Waals surface area contributed by atoms with Gasteiger partial charge in [0.05, 0.1) is 91.2 Å². The van der Waals surface area contributed by atoms with Crippen LogP contribution in [0.3, 0.4) is 0 Å². The Morgan fingerprint density at radius 3 is 0.990 bits per heavy atom. The van der Waals surface area contributed by atoms with Crippen LogP contribution in [-0.2, 0) is 18.5 Å². The van der Waals surface area contributed by atoms with E-state index in [4.69, 9.17) is 13.1 Å². The third-order valence-electron chi connectivity index (χ3n) is 18.7. The first-order valence-electron chi connectivity index (χ1n) is 31.1. The van der Waals surface area contributed by atoms with Crippen molar-refractivity contribution in [2.75, 3.05) is 0 Å². The number of alkyl halides is 9. The summed E-state index contributed by atoms with van der Waals surface area (Å²) < 4.78 is 144. The third-order valence-corrected chi connectivity index (χ3v) is 18.7. The van der Waals surface area contributed by atoms with Gasteiger partial charge in [0.1, 0.15) is 17.2 Å². The van der Waals surface area contributed by atoms with Gasteiger partial charge in [-0.3, -0.25) is 0 Å². The van der Waals surface area contributed by atoms with E-state index in [9.17, 15) is 31.6 Å². The highest BCUT2D eigenvalue weighted by Crippen LogP contribution is 2.53. The van der Waals surface area contributed by atoms with Crippen LogP contribution in [0.4, 0.5) is 50.9 Å². The van der Waals surface area contributed by atoms with Crippen LogP contribution >= 0.6 is 0 Å². The first-order valence-corrected chi connectivity index (χ1v) is 31.1. The van der Waals surface area contributed by atoms with E-state index in [-0.39, 0.29) is 39.3 Å². The Kier molecular flexibility index (Phi) is 14.5. The van der Waals surface area contributed by atoms with Crippen LogP contribution in [-0.4, -0.2) is 18.3 Å². The third kappa shape index (κ3) is 9.48. The number of benzene rings is 12. The van der Waals surface area contributed by atoms with Gasteiger partial charge in [0, 0.05) is 54.2 Å². The molecule has 16 rings (SSSR count). The minimum Gasteiger partial charge on any atom is -0.308 e. The Hall–Kier alpha value is -12.3. The second-order valence-corrected chi connectivity index (χ2v) is 24.2. The molecule has 0 bridgehead atoms. The average molecular weight is 1300 g/mol. The molecule has 0 spiro atoms. The number of halogens is 9. The fourth-order valence-electron chi connectivity index (χ4n) is 14.8. The molecule has 476 valence electrons. The molecular formula is C82H50F9N7. The molecule has 4 heterocycles. The summed E-state index contributed by atoms with van der Waals surface area (Å²) in [7, 11) is 0. The molecule has 0 aliphatic heterocycles. The largest absolute Gasteiger partial charge is 0.420 e. The lowest BCUT2D eigenvalue weighted by Gasteiger charge is -2.26. The summed E-state index contributed by atoms with van der Waals surface area (Å²) in [6.45, 7) is 23.3. The van der Waals surface area contributed by atoms with Crippen molar-refractivity contribution in [2.45, 2.75) is 46.2 Å². The Morgan fingerprint density at radius 2 is 0.633 bits per heavy atom. The van der Waals surface area contributed by atoms with Gasteiger partial charge in [0.25, 0.3) is 0 Å². The van der Waals surface area contributed by atoms with Crippen molar-refractivity contribution in [3.05, 3.63) is 298 Å². The van der Waals surface area contributed by atoms with E-state index in [1.807, 2.05) is 145 Å². The lowest BCUT2D eigenvalue weighted by Crippen LogP contribution is -2.18. The molecular weight excluding hydrogens is 1250 g/mol. The summed E-state index contributed by atoms with van der Waals surface area (Å²) in [6.07, 6.45) is -14.8. The number of hydrogen-bond donors (Lipinski definition) is 0. The molecule has 0 unspecified atom stereocenters. The van der Waals surface area contributed by atoms with Gasteiger partial charge in [-0.15, -0.1) is 0 Å². The standard InChI is InChI=1S/C41H25F6N3.C41H25F3N4/c1-23-11-8-15-27-25-13-4-6-19-32(25)49(37(23)27)34-22-21-29(35-30(40(42,43)44)17-10-18-31(35)48-3)39(36(34)41(45,46)47)50-33-20-7-5-14-26(33)28-16-9-12-24(2)38(28)50;1-24-11-8-15-28-26-13-4-6-19-34(26)47(38(24)28)36-22-21-30(37-32(41(42,43)44)17-10-18-33(37)46-3)40(31(36)23-45)48-35-20-7-5-14-27(35)29-16-9-12-25(2)39(29)48/h4-22H,1-2H3;4-22H,1-2H3. The zero-order chi connectivity index (χ0) is 68.4. The fraction of sp³-hybridized carbons (Fsp3) is 0.0854. The lowest BCUT2D eigenvalue weighted by atomic mass is 9.92. The summed E-state index contributed by atoms with van der Waals surface area (Å²) in [5, 5.41) is 17.8. The number of aromatic nitrogens is 4. The van der Waals surface area contributed by atoms with E-state index < -0.39 is 52.2 Å². The highest BCUT2D eigenvalue weighted by molar-refractivity contribution is 6.15. The van der Waals surface area contributed by atoms with Crippen LogP contribution < -0.4 is 0 Å². The fourth-order valence-corrected chi connectivity index (χ4v) is 14.8. The number of hydrogen-bond acceptors (Lipinski definition) is 1. The van der Waals surface area contributed by atoms with Gasteiger partial charge in [0.2, 0.25) is 0 Å². The van der Waals surface area contributed by atoms with E-state index in [1.54, 1.807) is 78.2 Å². The number of rotatable bonds is 6. The molecule has 0 saturated carbocycles. The van der Waals surface area contributed by atoms with Crippen molar-refractivity contribution in [2.24, 2.45) is 0 Å². The highest BCUT2D eigenvalue weighted by atomic mass is 19.4. The smallest absolute Gasteiger partial charge is 0.308 e. The van der Waals surface area contributed by atoms with E-state index in [0.29, 0.717) is 44.1 Å². The second-order valence-electron chi connectivity index (χ2n) is 24.2. The summed E-state index contributed by atoms with van der Waals surface area (Å²) in [4.78, 5) is 6.96. The first kappa shape index (κ1) is 61.8. The quantitative estimate of drug-likeness (QED) is 0.121. The predicted octanol–water partition coefficient (Wildman–Crippen LogP) is 24.4. The predicted molar refractivity (Wildman–Crippen MR) is 372 cm³/mol. The minimum atomic E-state index is -5.08. The minimum absolute atomic E-state index is 0.145. The maximum Gasteiger partial charge on any atom is 0.420 e. The monoisotopic (exact) mass is 1300 g/mol. The zero-order valence-electron chi connectivity index (χ0n) is 52.5. The number of para-hydroxylation sites is 8.